The predicted octanol–water partition coefficient (Wildman–Crippen LogP) is 23.2. The van der Waals surface area contributed by atoms with E-state index in [1.165, 1.54) is 51.4 Å². The lowest BCUT2D eigenvalue weighted by Gasteiger charge is -2.18. The first-order chi connectivity index (χ1) is 41.0. The van der Waals surface area contributed by atoms with Crippen molar-refractivity contribution in [1.82, 2.24) is 0 Å². The normalized spacial score (nSPS) is 13.3. The van der Waals surface area contributed by atoms with Gasteiger partial charge in [0.2, 0.25) is 0 Å². The minimum Gasteiger partial charge on any atom is -0.462 e. The van der Waals surface area contributed by atoms with Crippen LogP contribution in [0.25, 0.3) is 0 Å². The first-order valence-corrected chi connectivity index (χ1v) is 33.3. The summed E-state index contributed by atoms with van der Waals surface area (Å²) in [4.78, 5) is 38.3. The lowest BCUT2D eigenvalue weighted by molar-refractivity contribution is -0.167. The van der Waals surface area contributed by atoms with E-state index in [2.05, 4.69) is 203 Å². The smallest absolute Gasteiger partial charge is 0.306 e. The third-order valence-corrected chi connectivity index (χ3v) is 13.4. The molecule has 6 heteroatoms. The Kier molecular flexibility index (Phi) is 64.4. The predicted molar refractivity (Wildman–Crippen MR) is 361 cm³/mol. The van der Waals surface area contributed by atoms with E-state index in [0.717, 1.165) is 167 Å². The zero-order chi connectivity index (χ0) is 59.9. The van der Waals surface area contributed by atoms with Gasteiger partial charge >= 0.3 is 17.9 Å². The maximum atomic E-state index is 12.9. The molecule has 0 radical (unpaired) electrons. The van der Waals surface area contributed by atoms with Gasteiger partial charge in [-0.25, -0.2) is 0 Å². The molecule has 0 aliphatic heterocycles. The van der Waals surface area contributed by atoms with Crippen LogP contribution in [0.4, 0.5) is 0 Å². The van der Waals surface area contributed by atoms with Crippen LogP contribution in [0.5, 0.6) is 0 Å². The lowest BCUT2D eigenvalue weighted by atomic mass is 10.1. The van der Waals surface area contributed by atoms with Crippen molar-refractivity contribution in [3.63, 3.8) is 0 Å². The first-order valence-electron chi connectivity index (χ1n) is 33.3. The fourth-order valence-electron chi connectivity index (χ4n) is 8.47. The number of rotatable bonds is 58. The molecule has 0 aliphatic carbocycles. The van der Waals surface area contributed by atoms with Gasteiger partial charge in [0.05, 0.1) is 0 Å². The van der Waals surface area contributed by atoms with Gasteiger partial charge in [-0.15, -0.1) is 0 Å². The van der Waals surface area contributed by atoms with E-state index >= 15 is 0 Å². The van der Waals surface area contributed by atoms with E-state index in [-0.39, 0.29) is 37.5 Å². The van der Waals surface area contributed by atoms with Crippen LogP contribution in [-0.4, -0.2) is 37.2 Å². The van der Waals surface area contributed by atoms with Crippen LogP contribution in [0, 0.1) is 0 Å². The van der Waals surface area contributed by atoms with E-state index in [4.69, 9.17) is 14.2 Å². The molecule has 1 atom stereocenters. The highest BCUT2D eigenvalue weighted by Crippen LogP contribution is 2.14. The molecule has 0 N–H and O–H groups in total. The quantitative estimate of drug-likeness (QED) is 0.0261. The van der Waals surface area contributed by atoms with Crippen LogP contribution in [0.15, 0.2) is 182 Å². The van der Waals surface area contributed by atoms with E-state index in [1.807, 2.05) is 0 Å². The Bertz CT molecular complexity index is 1940. The largest absolute Gasteiger partial charge is 0.462 e. The summed E-state index contributed by atoms with van der Waals surface area (Å²) >= 11 is 0. The first kappa shape index (κ1) is 77.5. The summed E-state index contributed by atoms with van der Waals surface area (Å²) in [6.07, 6.45) is 103. The molecule has 0 rings (SSSR count). The van der Waals surface area contributed by atoms with Crippen molar-refractivity contribution in [2.24, 2.45) is 0 Å². The van der Waals surface area contributed by atoms with Gasteiger partial charge in [0.15, 0.2) is 6.10 Å². The molecule has 0 saturated heterocycles. The zero-order valence-corrected chi connectivity index (χ0v) is 53.1. The lowest BCUT2D eigenvalue weighted by Crippen LogP contribution is -2.30. The molecule has 0 saturated carbocycles. The van der Waals surface area contributed by atoms with Gasteiger partial charge in [-0.05, 0) is 148 Å². The number of ether oxygens (including phenoxy) is 3. The molecule has 0 heterocycles. The van der Waals surface area contributed by atoms with Gasteiger partial charge in [0.1, 0.15) is 13.2 Å². The van der Waals surface area contributed by atoms with Crippen molar-refractivity contribution in [1.29, 1.82) is 0 Å². The SMILES string of the molecule is CC/C=C\C/C=C\C/C=C\C/C=C\C/C=C\C/C=C\C/C=C\C/C=C\CCCCCCCCCCCCC(=O)OCC(COC(=O)CCCCCCC/C=C\C/C=C\CCC)OC(=O)CCC/C=C\C/C=C\C/C=C\C/C=C\C/C=C\CC. The Morgan fingerprint density at radius 1 is 0.253 bits per heavy atom. The van der Waals surface area contributed by atoms with Crippen molar-refractivity contribution in [3.05, 3.63) is 182 Å². The van der Waals surface area contributed by atoms with Crippen molar-refractivity contribution < 1.29 is 28.6 Å². The second-order valence-electron chi connectivity index (χ2n) is 21.3. The van der Waals surface area contributed by atoms with Crippen LogP contribution in [0.1, 0.15) is 265 Å². The topological polar surface area (TPSA) is 78.9 Å². The second-order valence-corrected chi connectivity index (χ2v) is 21.3. The number of carbonyl (C=O) groups is 3. The highest BCUT2D eigenvalue weighted by molar-refractivity contribution is 5.71. The highest BCUT2D eigenvalue weighted by Gasteiger charge is 2.19. The summed E-state index contributed by atoms with van der Waals surface area (Å²) in [5.41, 5.74) is 0. The van der Waals surface area contributed by atoms with Gasteiger partial charge in [0.25, 0.3) is 0 Å². The summed E-state index contributed by atoms with van der Waals surface area (Å²) < 4.78 is 16.8. The number of esters is 3. The summed E-state index contributed by atoms with van der Waals surface area (Å²) in [5, 5.41) is 0. The minimum absolute atomic E-state index is 0.115. The Morgan fingerprint density at radius 2 is 0.482 bits per heavy atom. The minimum atomic E-state index is -0.825. The Hall–Kier alpha value is -5.49. The van der Waals surface area contributed by atoms with Crippen LogP contribution in [-0.2, 0) is 28.6 Å². The van der Waals surface area contributed by atoms with Gasteiger partial charge in [-0.2, -0.15) is 0 Å². The third-order valence-electron chi connectivity index (χ3n) is 13.4. The molecule has 464 valence electrons. The number of carbonyl (C=O) groups excluding carboxylic acids is 3. The van der Waals surface area contributed by atoms with Gasteiger partial charge in [-0.3, -0.25) is 14.4 Å². The Morgan fingerprint density at radius 3 is 0.771 bits per heavy atom. The summed E-state index contributed by atoms with van der Waals surface area (Å²) in [7, 11) is 0. The van der Waals surface area contributed by atoms with E-state index in [0.29, 0.717) is 19.3 Å². The zero-order valence-electron chi connectivity index (χ0n) is 53.1. The molecule has 0 aromatic carbocycles. The van der Waals surface area contributed by atoms with Crippen molar-refractivity contribution in [2.75, 3.05) is 13.2 Å². The summed E-state index contributed by atoms with van der Waals surface area (Å²) in [6.45, 7) is 6.27. The Labute approximate surface area is 510 Å². The van der Waals surface area contributed by atoms with Gasteiger partial charge < -0.3 is 14.2 Å². The van der Waals surface area contributed by atoms with Gasteiger partial charge in [0, 0.05) is 19.3 Å². The molecule has 0 aliphatic rings. The van der Waals surface area contributed by atoms with Crippen molar-refractivity contribution in [2.45, 2.75) is 271 Å². The fourth-order valence-corrected chi connectivity index (χ4v) is 8.47. The van der Waals surface area contributed by atoms with Crippen molar-refractivity contribution in [3.8, 4) is 0 Å². The number of allylic oxidation sites excluding steroid dienone is 30. The molecule has 0 aromatic rings. The van der Waals surface area contributed by atoms with Gasteiger partial charge in [-0.1, -0.05) is 280 Å². The molecule has 0 bridgehead atoms. The molecule has 0 aromatic heterocycles. The Balaban J connectivity index is 4.32. The maximum absolute atomic E-state index is 12.9. The monoisotopic (exact) mass is 1140 g/mol. The summed E-state index contributed by atoms with van der Waals surface area (Å²) in [6, 6.07) is 0. The second kappa shape index (κ2) is 69.0. The molecular formula is C77H120O6. The van der Waals surface area contributed by atoms with E-state index < -0.39 is 6.10 Å². The molecule has 0 amide bonds. The number of hydrogen-bond donors (Lipinski definition) is 0. The standard InChI is InChI=1S/C77H120O6/c1-4-7-10-13-16-19-22-25-27-29-30-31-32-33-34-35-36-37-38-39-40-41-42-43-44-45-46-48-49-52-55-58-61-64-67-70-76(79)82-73-74(72-81-75(78)69-66-63-60-57-54-51-24-21-18-15-12-9-6-3)83-77(80)71-68-65-62-59-56-53-50-47-28-26-23-20-17-14-11-8-5-2/h7-8,10-12,15-17,19-21,24-28,30-31,33-34,36-37,39-40,42-43,50,53,59,62,74H,4-6,9,13-14,18,22-23,29,32,35,38,41,44-49,51-52,54-58,60-61,63-73H2,1-3H3/b10-7-,11-8-,15-12-,19-16-,20-17-,24-21-,27-25-,28-26-,31-30-,34-33-,37-36-,40-39-,43-42-,53-50-,62-59-. The maximum Gasteiger partial charge on any atom is 0.306 e. The number of unbranched alkanes of at least 4 members (excludes halogenated alkanes) is 17. The summed E-state index contributed by atoms with van der Waals surface area (Å²) in [5.74, 6) is -0.998. The van der Waals surface area contributed by atoms with Crippen LogP contribution >= 0.6 is 0 Å². The average Bonchev–Trinajstić information content (AvgIpc) is 3.49. The third kappa shape index (κ3) is 67.2. The van der Waals surface area contributed by atoms with Crippen LogP contribution in [0.2, 0.25) is 0 Å². The molecule has 0 fully saturated rings. The molecule has 1 unspecified atom stereocenters. The molecule has 6 nitrogen and oxygen atoms in total. The van der Waals surface area contributed by atoms with Crippen LogP contribution in [0.3, 0.4) is 0 Å². The average molecular weight is 1140 g/mol. The fraction of sp³-hybridized carbons (Fsp3) is 0.571. The van der Waals surface area contributed by atoms with Crippen LogP contribution < -0.4 is 0 Å². The molecular weight excluding hydrogens is 1020 g/mol. The van der Waals surface area contributed by atoms with Crippen molar-refractivity contribution >= 4 is 17.9 Å². The molecule has 83 heavy (non-hydrogen) atoms. The number of hydrogen-bond acceptors (Lipinski definition) is 6. The highest BCUT2D eigenvalue weighted by atomic mass is 16.6. The van der Waals surface area contributed by atoms with E-state index in [1.54, 1.807) is 0 Å². The van der Waals surface area contributed by atoms with E-state index in [9.17, 15) is 14.4 Å². The molecule has 0 spiro atoms.